The Hall–Kier alpha value is -1.94. The number of hydrogen-bond acceptors (Lipinski definition) is 3. The summed E-state index contributed by atoms with van der Waals surface area (Å²) < 4.78 is 24.1. The van der Waals surface area contributed by atoms with Gasteiger partial charge in [-0.1, -0.05) is 11.6 Å². The van der Waals surface area contributed by atoms with Gasteiger partial charge in [-0.05, 0) is 35.9 Å². The van der Waals surface area contributed by atoms with Gasteiger partial charge in [0.1, 0.15) is 19.0 Å². The lowest BCUT2D eigenvalue weighted by molar-refractivity contribution is 0.171. The molecule has 0 radical (unpaired) electrons. The van der Waals surface area contributed by atoms with E-state index in [4.69, 9.17) is 21.1 Å². The third kappa shape index (κ3) is 2.80. The Bertz CT molecular complexity index is 633. The minimum Gasteiger partial charge on any atom is -0.486 e. The van der Waals surface area contributed by atoms with Crippen LogP contribution in [0.3, 0.4) is 0 Å². The molecule has 5 heteroatoms. The van der Waals surface area contributed by atoms with E-state index in [2.05, 4.69) is 5.32 Å². The Morgan fingerprint density at radius 2 is 1.85 bits per heavy atom. The molecule has 0 aliphatic carbocycles. The third-order valence-corrected chi connectivity index (χ3v) is 3.40. The molecule has 1 heterocycles. The summed E-state index contributed by atoms with van der Waals surface area (Å²) in [5.74, 6) is 1.16. The number of halogens is 2. The first-order valence-corrected chi connectivity index (χ1v) is 6.67. The molecule has 0 aromatic heterocycles. The van der Waals surface area contributed by atoms with Crippen LogP contribution in [0.25, 0.3) is 0 Å². The van der Waals surface area contributed by atoms with Crippen LogP contribution in [0, 0.1) is 5.82 Å². The average molecular weight is 294 g/mol. The van der Waals surface area contributed by atoms with Gasteiger partial charge in [0, 0.05) is 23.3 Å². The van der Waals surface area contributed by atoms with E-state index in [0.29, 0.717) is 36.1 Å². The Balaban J connectivity index is 1.73. The lowest BCUT2D eigenvalue weighted by atomic mass is 10.2. The van der Waals surface area contributed by atoms with Crippen molar-refractivity contribution in [3.8, 4) is 11.5 Å². The highest BCUT2D eigenvalue weighted by Crippen LogP contribution is 2.32. The zero-order chi connectivity index (χ0) is 13.9. The zero-order valence-electron chi connectivity index (χ0n) is 10.7. The standard InChI is InChI=1S/C15H13ClFNO2/c16-13-3-1-11(17)7-10(13)9-18-12-2-4-14-15(8-12)20-6-5-19-14/h1-4,7-8,18H,5-6,9H2. The highest BCUT2D eigenvalue weighted by Gasteiger charge is 2.11. The number of anilines is 1. The number of ether oxygens (including phenoxy) is 2. The fraction of sp³-hybridized carbons (Fsp3) is 0.200. The topological polar surface area (TPSA) is 30.5 Å². The van der Waals surface area contributed by atoms with Gasteiger partial charge in [0.25, 0.3) is 0 Å². The van der Waals surface area contributed by atoms with E-state index < -0.39 is 0 Å². The first-order valence-electron chi connectivity index (χ1n) is 6.30. The third-order valence-electron chi connectivity index (χ3n) is 3.03. The largest absolute Gasteiger partial charge is 0.486 e. The monoisotopic (exact) mass is 293 g/mol. The Morgan fingerprint density at radius 3 is 2.70 bits per heavy atom. The summed E-state index contributed by atoms with van der Waals surface area (Å²) in [6.07, 6.45) is 0. The summed E-state index contributed by atoms with van der Waals surface area (Å²) in [7, 11) is 0. The quantitative estimate of drug-likeness (QED) is 0.932. The SMILES string of the molecule is Fc1ccc(Cl)c(CNc2ccc3c(c2)OCCO3)c1. The molecule has 1 aliphatic rings. The molecule has 3 rings (SSSR count). The van der Waals surface area contributed by atoms with Gasteiger partial charge in [-0.25, -0.2) is 4.39 Å². The van der Waals surface area contributed by atoms with Crippen LogP contribution in [0.2, 0.25) is 5.02 Å². The summed E-state index contributed by atoms with van der Waals surface area (Å²) in [5.41, 5.74) is 1.58. The predicted octanol–water partition coefficient (Wildman–Crippen LogP) is 3.86. The van der Waals surface area contributed by atoms with Crippen molar-refractivity contribution < 1.29 is 13.9 Å². The lowest BCUT2D eigenvalue weighted by Crippen LogP contribution is -2.15. The fourth-order valence-electron chi connectivity index (χ4n) is 2.03. The van der Waals surface area contributed by atoms with Gasteiger partial charge in [0.05, 0.1) is 0 Å². The number of nitrogens with one attached hydrogen (secondary N) is 1. The van der Waals surface area contributed by atoms with E-state index in [1.165, 1.54) is 12.1 Å². The van der Waals surface area contributed by atoms with Crippen molar-refractivity contribution in [3.63, 3.8) is 0 Å². The average Bonchev–Trinajstić information content (AvgIpc) is 2.48. The van der Waals surface area contributed by atoms with Gasteiger partial charge in [-0.3, -0.25) is 0 Å². The van der Waals surface area contributed by atoms with Crippen molar-refractivity contribution in [2.24, 2.45) is 0 Å². The van der Waals surface area contributed by atoms with Crippen LogP contribution in [0.4, 0.5) is 10.1 Å². The second kappa shape index (κ2) is 5.59. The maximum atomic E-state index is 13.2. The first kappa shape index (κ1) is 13.1. The smallest absolute Gasteiger partial charge is 0.163 e. The van der Waals surface area contributed by atoms with E-state index in [1.54, 1.807) is 6.07 Å². The molecule has 0 saturated heterocycles. The van der Waals surface area contributed by atoms with Crippen molar-refractivity contribution in [3.05, 3.63) is 52.8 Å². The number of hydrogen-bond donors (Lipinski definition) is 1. The predicted molar refractivity (Wildman–Crippen MR) is 76.2 cm³/mol. The summed E-state index contributed by atoms with van der Waals surface area (Å²) >= 11 is 6.03. The fourth-order valence-corrected chi connectivity index (χ4v) is 2.21. The molecule has 0 amide bonds. The van der Waals surface area contributed by atoms with Gasteiger partial charge >= 0.3 is 0 Å². The molecule has 0 saturated carbocycles. The molecule has 20 heavy (non-hydrogen) atoms. The highest BCUT2D eigenvalue weighted by atomic mass is 35.5. The van der Waals surface area contributed by atoms with Gasteiger partial charge in [-0.2, -0.15) is 0 Å². The molecular weight excluding hydrogens is 281 g/mol. The summed E-state index contributed by atoms with van der Waals surface area (Å²) in [6, 6.07) is 9.92. The summed E-state index contributed by atoms with van der Waals surface area (Å²) in [6.45, 7) is 1.56. The first-order chi connectivity index (χ1) is 9.72. The maximum absolute atomic E-state index is 13.2. The molecule has 0 spiro atoms. The van der Waals surface area contributed by atoms with Gasteiger partial charge in [0.2, 0.25) is 0 Å². The molecule has 0 bridgehead atoms. The van der Waals surface area contributed by atoms with Crippen LogP contribution in [0.15, 0.2) is 36.4 Å². The van der Waals surface area contributed by atoms with Crippen LogP contribution in [0.1, 0.15) is 5.56 Å². The summed E-state index contributed by atoms with van der Waals surface area (Å²) in [5, 5.41) is 3.73. The van der Waals surface area contributed by atoms with Crippen molar-refractivity contribution >= 4 is 17.3 Å². The Morgan fingerprint density at radius 1 is 1.05 bits per heavy atom. The Labute approximate surface area is 121 Å². The molecular formula is C15H13ClFNO2. The van der Waals surface area contributed by atoms with Gasteiger partial charge in [-0.15, -0.1) is 0 Å². The van der Waals surface area contributed by atoms with Crippen LogP contribution in [-0.4, -0.2) is 13.2 Å². The maximum Gasteiger partial charge on any atom is 0.163 e. The Kier molecular flexibility index (Phi) is 3.65. The van der Waals surface area contributed by atoms with Crippen LogP contribution >= 0.6 is 11.6 Å². The molecule has 1 aliphatic heterocycles. The highest BCUT2D eigenvalue weighted by molar-refractivity contribution is 6.31. The molecule has 3 nitrogen and oxygen atoms in total. The van der Waals surface area contributed by atoms with E-state index >= 15 is 0 Å². The molecule has 0 fully saturated rings. The van der Waals surface area contributed by atoms with E-state index in [1.807, 2.05) is 18.2 Å². The van der Waals surface area contributed by atoms with E-state index in [9.17, 15) is 4.39 Å². The van der Waals surface area contributed by atoms with Crippen molar-refractivity contribution in [1.82, 2.24) is 0 Å². The normalized spacial score (nSPS) is 13.1. The number of fused-ring (bicyclic) bond motifs is 1. The van der Waals surface area contributed by atoms with E-state index in [0.717, 1.165) is 11.4 Å². The van der Waals surface area contributed by atoms with Crippen LogP contribution < -0.4 is 14.8 Å². The zero-order valence-corrected chi connectivity index (χ0v) is 11.4. The van der Waals surface area contributed by atoms with Crippen molar-refractivity contribution in [1.29, 1.82) is 0 Å². The molecule has 104 valence electrons. The summed E-state index contributed by atoms with van der Waals surface area (Å²) in [4.78, 5) is 0. The molecule has 0 unspecified atom stereocenters. The van der Waals surface area contributed by atoms with Gasteiger partial charge < -0.3 is 14.8 Å². The molecule has 2 aromatic rings. The molecule has 0 atom stereocenters. The number of rotatable bonds is 3. The van der Waals surface area contributed by atoms with E-state index in [-0.39, 0.29) is 5.82 Å². The van der Waals surface area contributed by atoms with Crippen molar-refractivity contribution in [2.45, 2.75) is 6.54 Å². The second-order valence-electron chi connectivity index (χ2n) is 4.45. The van der Waals surface area contributed by atoms with Crippen LogP contribution in [0.5, 0.6) is 11.5 Å². The number of benzene rings is 2. The van der Waals surface area contributed by atoms with Crippen LogP contribution in [-0.2, 0) is 6.54 Å². The molecule has 2 aromatic carbocycles. The minimum absolute atomic E-state index is 0.298. The lowest BCUT2D eigenvalue weighted by Gasteiger charge is -2.19. The van der Waals surface area contributed by atoms with Crippen molar-refractivity contribution in [2.75, 3.05) is 18.5 Å². The second-order valence-corrected chi connectivity index (χ2v) is 4.85. The minimum atomic E-state index is -0.298. The van der Waals surface area contributed by atoms with Gasteiger partial charge in [0.15, 0.2) is 11.5 Å². The molecule has 1 N–H and O–H groups in total.